The van der Waals surface area contributed by atoms with Crippen molar-refractivity contribution in [2.45, 2.75) is 53.9 Å². The molecule has 0 saturated heterocycles. The summed E-state index contributed by atoms with van der Waals surface area (Å²) in [6.45, 7) is 12.4. The fourth-order valence-electron chi connectivity index (χ4n) is 4.42. The van der Waals surface area contributed by atoms with Crippen LogP contribution < -0.4 is 4.74 Å². The number of carbonyl (C=O) groups is 1. The van der Waals surface area contributed by atoms with Gasteiger partial charge < -0.3 is 4.74 Å². The average Bonchev–Trinajstić information content (AvgIpc) is 2.79. The van der Waals surface area contributed by atoms with Gasteiger partial charge in [-0.3, -0.25) is 0 Å². The molecule has 0 amide bonds. The number of aromatic nitrogens is 1. The van der Waals surface area contributed by atoms with Gasteiger partial charge in [0.1, 0.15) is 5.75 Å². The molecule has 3 nitrogen and oxygen atoms in total. The molecule has 0 aliphatic carbocycles. The molecule has 3 aromatic carbocycles. The van der Waals surface area contributed by atoms with Crippen molar-refractivity contribution in [2.24, 2.45) is 0 Å². The highest BCUT2D eigenvalue weighted by molar-refractivity contribution is 6.08. The Morgan fingerprint density at radius 2 is 1.64 bits per heavy atom. The fourth-order valence-corrected chi connectivity index (χ4v) is 4.42. The molecular formula is C30H31NO2. The van der Waals surface area contributed by atoms with E-state index >= 15 is 0 Å². The van der Waals surface area contributed by atoms with E-state index in [4.69, 9.17) is 9.72 Å². The number of aryl methyl sites for hydroxylation is 3. The molecule has 0 radical (unpaired) electrons. The molecule has 4 aromatic rings. The van der Waals surface area contributed by atoms with Gasteiger partial charge >= 0.3 is 5.97 Å². The van der Waals surface area contributed by atoms with Crippen LogP contribution in [-0.4, -0.2) is 11.0 Å². The first-order valence-corrected chi connectivity index (χ1v) is 11.6. The van der Waals surface area contributed by atoms with Gasteiger partial charge in [-0.25, -0.2) is 9.78 Å². The van der Waals surface area contributed by atoms with Crippen LogP contribution in [0.25, 0.3) is 22.2 Å². The predicted octanol–water partition coefficient (Wildman–Crippen LogP) is 7.87. The van der Waals surface area contributed by atoms with E-state index in [0.717, 1.165) is 50.8 Å². The maximum Gasteiger partial charge on any atom is 0.344 e. The van der Waals surface area contributed by atoms with Crippen molar-refractivity contribution < 1.29 is 9.53 Å². The number of fused-ring (bicyclic) bond motifs is 1. The van der Waals surface area contributed by atoms with E-state index in [1.165, 1.54) is 5.56 Å². The fraction of sp³-hybridized carbons (Fsp3) is 0.267. The smallest absolute Gasteiger partial charge is 0.344 e. The summed E-state index contributed by atoms with van der Waals surface area (Å²) in [5.41, 5.74) is 8.45. The normalized spacial score (nSPS) is 12.1. The average molecular weight is 438 g/mol. The Hall–Kier alpha value is -3.46. The van der Waals surface area contributed by atoms with Crippen molar-refractivity contribution in [3.05, 3.63) is 94.0 Å². The summed E-state index contributed by atoms with van der Waals surface area (Å²) in [6.07, 6.45) is 0.974. The minimum absolute atomic E-state index is 0.303. The first-order chi connectivity index (χ1) is 15.8. The molecule has 4 rings (SSSR count). The summed E-state index contributed by atoms with van der Waals surface area (Å²) in [6, 6.07) is 20.3. The monoisotopic (exact) mass is 437 g/mol. The minimum Gasteiger partial charge on any atom is -0.423 e. The van der Waals surface area contributed by atoms with E-state index in [1.54, 1.807) is 0 Å². The molecule has 0 spiro atoms. The second-order valence-electron chi connectivity index (χ2n) is 9.04. The number of esters is 1. The van der Waals surface area contributed by atoms with Crippen molar-refractivity contribution in [3.63, 3.8) is 0 Å². The molecular weight excluding hydrogens is 406 g/mol. The number of hydrogen-bond acceptors (Lipinski definition) is 3. The number of carbonyl (C=O) groups excluding carboxylic acids is 1. The maximum atomic E-state index is 13.7. The summed E-state index contributed by atoms with van der Waals surface area (Å²) in [5.74, 6) is 0.591. The third-order valence-electron chi connectivity index (χ3n) is 6.46. The van der Waals surface area contributed by atoms with E-state index in [9.17, 15) is 4.79 Å². The largest absolute Gasteiger partial charge is 0.423 e. The van der Waals surface area contributed by atoms with Crippen LogP contribution in [0.4, 0.5) is 0 Å². The Morgan fingerprint density at radius 1 is 0.939 bits per heavy atom. The summed E-state index contributed by atoms with van der Waals surface area (Å²) in [5, 5.41) is 0.840. The number of nitrogens with zero attached hydrogens (tertiary/aromatic N) is 1. The van der Waals surface area contributed by atoms with Gasteiger partial charge in [-0.1, -0.05) is 73.5 Å². The van der Waals surface area contributed by atoms with E-state index < -0.39 is 0 Å². The molecule has 0 bridgehead atoms. The SMILES string of the molecule is CCC(C)c1ccccc1OC(=O)c1c(C)c(-c2ccc(C)cc2)nc2c(C)cc(C)cc12. The van der Waals surface area contributed by atoms with Crippen LogP contribution in [-0.2, 0) is 0 Å². The molecule has 1 unspecified atom stereocenters. The van der Waals surface area contributed by atoms with Crippen LogP contribution in [0, 0.1) is 27.7 Å². The van der Waals surface area contributed by atoms with Gasteiger partial charge in [0, 0.05) is 10.9 Å². The van der Waals surface area contributed by atoms with Gasteiger partial charge in [-0.15, -0.1) is 0 Å². The first kappa shape index (κ1) is 22.7. The molecule has 1 aromatic heterocycles. The third-order valence-corrected chi connectivity index (χ3v) is 6.46. The minimum atomic E-state index is -0.339. The van der Waals surface area contributed by atoms with Gasteiger partial charge in [0.15, 0.2) is 0 Å². The highest BCUT2D eigenvalue weighted by atomic mass is 16.5. The van der Waals surface area contributed by atoms with Crippen molar-refractivity contribution in [2.75, 3.05) is 0 Å². The summed E-state index contributed by atoms with van der Waals surface area (Å²) < 4.78 is 6.07. The lowest BCUT2D eigenvalue weighted by Gasteiger charge is -2.18. The summed E-state index contributed by atoms with van der Waals surface area (Å²) in [7, 11) is 0. The van der Waals surface area contributed by atoms with Gasteiger partial charge in [0.25, 0.3) is 0 Å². The zero-order chi connectivity index (χ0) is 23.7. The molecule has 168 valence electrons. The van der Waals surface area contributed by atoms with Crippen molar-refractivity contribution in [1.29, 1.82) is 0 Å². The van der Waals surface area contributed by atoms with Gasteiger partial charge in [0.05, 0.1) is 16.8 Å². The summed E-state index contributed by atoms with van der Waals surface area (Å²) >= 11 is 0. The molecule has 3 heteroatoms. The quantitative estimate of drug-likeness (QED) is 0.235. The topological polar surface area (TPSA) is 39.2 Å². The Morgan fingerprint density at radius 3 is 2.33 bits per heavy atom. The molecule has 0 aliphatic rings. The van der Waals surface area contributed by atoms with Crippen LogP contribution in [0.3, 0.4) is 0 Å². The second kappa shape index (κ2) is 9.19. The number of pyridine rings is 1. The highest BCUT2D eigenvalue weighted by Gasteiger charge is 2.23. The first-order valence-electron chi connectivity index (χ1n) is 11.6. The Labute approximate surface area is 196 Å². The Balaban J connectivity index is 1.92. The van der Waals surface area contributed by atoms with E-state index in [1.807, 2.05) is 51.1 Å². The van der Waals surface area contributed by atoms with Crippen molar-refractivity contribution in [3.8, 4) is 17.0 Å². The number of ether oxygens (including phenoxy) is 1. The molecule has 0 saturated carbocycles. The molecule has 0 N–H and O–H groups in total. The number of rotatable bonds is 5. The lowest BCUT2D eigenvalue weighted by molar-refractivity contribution is 0.0734. The number of benzene rings is 3. The Kier molecular flexibility index (Phi) is 6.33. The van der Waals surface area contributed by atoms with E-state index in [-0.39, 0.29) is 5.97 Å². The molecule has 33 heavy (non-hydrogen) atoms. The molecule has 0 aliphatic heterocycles. The predicted molar refractivity (Wildman–Crippen MR) is 136 cm³/mol. The third kappa shape index (κ3) is 4.41. The van der Waals surface area contributed by atoms with Crippen LogP contribution >= 0.6 is 0 Å². The van der Waals surface area contributed by atoms with Gasteiger partial charge in [-0.2, -0.15) is 0 Å². The van der Waals surface area contributed by atoms with Crippen LogP contribution in [0.5, 0.6) is 5.75 Å². The number of para-hydroxylation sites is 1. The highest BCUT2D eigenvalue weighted by Crippen LogP contribution is 2.34. The lowest BCUT2D eigenvalue weighted by Crippen LogP contribution is -2.14. The molecule has 0 fully saturated rings. The maximum absolute atomic E-state index is 13.7. The van der Waals surface area contributed by atoms with Gasteiger partial charge in [0.2, 0.25) is 0 Å². The molecule has 1 atom stereocenters. The van der Waals surface area contributed by atoms with Crippen LogP contribution in [0.15, 0.2) is 60.7 Å². The Bertz CT molecular complexity index is 1340. The van der Waals surface area contributed by atoms with Crippen molar-refractivity contribution >= 4 is 16.9 Å². The lowest BCUT2D eigenvalue weighted by atomic mass is 9.94. The molecule has 1 heterocycles. The summed E-state index contributed by atoms with van der Waals surface area (Å²) in [4.78, 5) is 18.7. The van der Waals surface area contributed by atoms with E-state index in [2.05, 4.69) is 51.1 Å². The van der Waals surface area contributed by atoms with Crippen LogP contribution in [0.2, 0.25) is 0 Å². The van der Waals surface area contributed by atoms with E-state index in [0.29, 0.717) is 17.2 Å². The van der Waals surface area contributed by atoms with Gasteiger partial charge in [-0.05, 0) is 68.9 Å². The van der Waals surface area contributed by atoms with Crippen molar-refractivity contribution in [1.82, 2.24) is 4.98 Å². The number of hydrogen-bond donors (Lipinski definition) is 0. The zero-order valence-electron chi connectivity index (χ0n) is 20.3. The van der Waals surface area contributed by atoms with Crippen LogP contribution in [0.1, 0.15) is 64.4 Å². The zero-order valence-corrected chi connectivity index (χ0v) is 20.3. The standard InChI is InChI=1S/C30H31NO2/c1-7-20(4)24-10-8-9-11-26(24)33-30(32)27-22(6)29(23-14-12-18(2)13-15-23)31-28-21(5)16-19(3)17-25(27)28/h8-17,20H,7H2,1-6H3. The second-order valence-corrected chi connectivity index (χ2v) is 9.04.